The van der Waals surface area contributed by atoms with Gasteiger partial charge >= 0.3 is 0 Å². The van der Waals surface area contributed by atoms with Crippen LogP contribution in [0.4, 0.5) is 0 Å². The fraction of sp³-hybridized carbons (Fsp3) is 0.0455. The molecule has 0 spiro atoms. The number of benzene rings is 4. The van der Waals surface area contributed by atoms with Gasteiger partial charge in [-0.2, -0.15) is 0 Å². The molecule has 0 saturated carbocycles. The molecule has 0 radical (unpaired) electrons. The van der Waals surface area contributed by atoms with Gasteiger partial charge in [-0.1, -0.05) is 72.8 Å². The van der Waals surface area contributed by atoms with E-state index in [0.717, 1.165) is 11.1 Å². The molecule has 2 N–H and O–H groups in total. The molecule has 4 aromatic rings. The van der Waals surface area contributed by atoms with Gasteiger partial charge in [-0.3, -0.25) is 4.99 Å². The number of nitrogens with zero attached hydrogens (tertiary/aromatic N) is 1. The van der Waals surface area contributed by atoms with Crippen molar-refractivity contribution in [2.45, 2.75) is 6.54 Å². The lowest BCUT2D eigenvalue weighted by Gasteiger charge is -2.05. The highest BCUT2D eigenvalue weighted by Gasteiger charge is 2.01. The van der Waals surface area contributed by atoms with Gasteiger partial charge in [0.05, 0.1) is 6.54 Å². The summed E-state index contributed by atoms with van der Waals surface area (Å²) in [5.74, 6) is 0.578. The molecular weight excluding hydrogens is 292 g/mol. The molecule has 4 aromatic carbocycles. The molecule has 0 fully saturated rings. The highest BCUT2D eigenvalue weighted by atomic mass is 14.8. The molecule has 0 aliphatic rings. The maximum atomic E-state index is 6.20. The summed E-state index contributed by atoms with van der Waals surface area (Å²) in [7, 11) is 0. The first kappa shape index (κ1) is 14.5. The largest absolute Gasteiger partial charge is 0.383 e. The van der Waals surface area contributed by atoms with E-state index < -0.39 is 0 Å². The predicted molar refractivity (Wildman–Crippen MR) is 102 cm³/mol. The highest BCUT2D eigenvalue weighted by Crippen LogP contribution is 2.17. The Kier molecular flexibility index (Phi) is 3.72. The van der Waals surface area contributed by atoms with Crippen molar-refractivity contribution in [3.05, 3.63) is 96.1 Å². The van der Waals surface area contributed by atoms with Crippen molar-refractivity contribution in [1.29, 1.82) is 0 Å². The average molecular weight is 310 g/mol. The minimum absolute atomic E-state index is 0.578. The standard InChI is InChI=1S/C22H18N2/c23-22(21-12-11-18-6-2-4-8-20(18)14-21)24-15-16-9-10-17-5-1-3-7-19(17)13-16/h1-14H,15H2,(H2,23,24). The molecule has 0 heterocycles. The van der Waals surface area contributed by atoms with E-state index >= 15 is 0 Å². The zero-order valence-electron chi connectivity index (χ0n) is 13.3. The van der Waals surface area contributed by atoms with Gasteiger partial charge in [-0.05, 0) is 39.2 Å². The minimum Gasteiger partial charge on any atom is -0.383 e. The molecular formula is C22H18N2. The van der Waals surface area contributed by atoms with Crippen molar-refractivity contribution in [1.82, 2.24) is 0 Å². The summed E-state index contributed by atoms with van der Waals surface area (Å²) in [4.78, 5) is 4.57. The zero-order chi connectivity index (χ0) is 16.4. The van der Waals surface area contributed by atoms with Crippen molar-refractivity contribution >= 4 is 27.4 Å². The van der Waals surface area contributed by atoms with Gasteiger partial charge in [0.15, 0.2) is 0 Å². The van der Waals surface area contributed by atoms with Crippen molar-refractivity contribution < 1.29 is 0 Å². The third-order valence-corrected chi connectivity index (χ3v) is 4.29. The monoisotopic (exact) mass is 310 g/mol. The molecule has 0 unspecified atom stereocenters. The second-order valence-corrected chi connectivity index (χ2v) is 5.94. The molecule has 0 aromatic heterocycles. The Labute approximate surface area is 141 Å². The normalized spacial score (nSPS) is 11.9. The Bertz CT molecular complexity index is 1050. The van der Waals surface area contributed by atoms with E-state index in [1.54, 1.807) is 0 Å². The van der Waals surface area contributed by atoms with Crippen LogP contribution in [0.25, 0.3) is 21.5 Å². The molecule has 2 nitrogen and oxygen atoms in total. The quantitative estimate of drug-likeness (QED) is 0.424. The van der Waals surface area contributed by atoms with Gasteiger partial charge in [-0.15, -0.1) is 0 Å². The second kappa shape index (κ2) is 6.17. The Morgan fingerprint density at radius 2 is 1.25 bits per heavy atom. The topological polar surface area (TPSA) is 38.4 Å². The maximum Gasteiger partial charge on any atom is 0.125 e. The first-order valence-corrected chi connectivity index (χ1v) is 8.06. The first-order chi connectivity index (χ1) is 11.8. The molecule has 0 amide bonds. The van der Waals surface area contributed by atoms with Gasteiger partial charge in [0, 0.05) is 5.56 Å². The molecule has 2 heteroatoms. The Morgan fingerprint density at radius 3 is 1.96 bits per heavy atom. The van der Waals surface area contributed by atoms with E-state index in [9.17, 15) is 0 Å². The number of aliphatic imine (C=N–C) groups is 1. The number of nitrogens with two attached hydrogens (primary N) is 1. The minimum atomic E-state index is 0.578. The van der Waals surface area contributed by atoms with Crippen LogP contribution in [0.15, 0.2) is 89.9 Å². The van der Waals surface area contributed by atoms with E-state index in [1.807, 2.05) is 18.2 Å². The van der Waals surface area contributed by atoms with Crippen LogP contribution in [-0.4, -0.2) is 5.84 Å². The van der Waals surface area contributed by atoms with Crippen LogP contribution < -0.4 is 5.73 Å². The van der Waals surface area contributed by atoms with Gasteiger partial charge < -0.3 is 5.73 Å². The molecule has 0 atom stereocenters. The highest BCUT2D eigenvalue weighted by molar-refractivity contribution is 6.01. The van der Waals surface area contributed by atoms with Crippen LogP contribution in [0, 0.1) is 0 Å². The molecule has 0 aliphatic carbocycles. The predicted octanol–water partition coefficient (Wildman–Crippen LogP) is 4.90. The number of rotatable bonds is 3. The zero-order valence-corrected chi connectivity index (χ0v) is 13.3. The fourth-order valence-electron chi connectivity index (χ4n) is 2.95. The van der Waals surface area contributed by atoms with Gasteiger partial charge in [0.2, 0.25) is 0 Å². The second-order valence-electron chi connectivity index (χ2n) is 5.94. The van der Waals surface area contributed by atoms with Crippen LogP contribution in [0.3, 0.4) is 0 Å². The van der Waals surface area contributed by atoms with Crippen molar-refractivity contribution in [3.63, 3.8) is 0 Å². The number of amidine groups is 1. The molecule has 0 aliphatic heterocycles. The van der Waals surface area contributed by atoms with E-state index in [0.29, 0.717) is 12.4 Å². The molecule has 0 bridgehead atoms. The van der Waals surface area contributed by atoms with E-state index in [2.05, 4.69) is 71.7 Å². The summed E-state index contributed by atoms with van der Waals surface area (Å²) < 4.78 is 0. The van der Waals surface area contributed by atoms with Gasteiger partial charge in [-0.25, -0.2) is 0 Å². The van der Waals surface area contributed by atoms with E-state index in [4.69, 9.17) is 5.73 Å². The summed E-state index contributed by atoms with van der Waals surface area (Å²) in [5, 5.41) is 4.87. The van der Waals surface area contributed by atoms with Crippen LogP contribution >= 0.6 is 0 Å². The van der Waals surface area contributed by atoms with Crippen molar-refractivity contribution in [2.75, 3.05) is 0 Å². The lowest BCUT2D eigenvalue weighted by Crippen LogP contribution is -2.13. The van der Waals surface area contributed by atoms with Crippen molar-refractivity contribution in [2.24, 2.45) is 10.7 Å². The number of hydrogen-bond donors (Lipinski definition) is 1. The lowest BCUT2D eigenvalue weighted by molar-refractivity contribution is 1.07. The molecule has 0 saturated heterocycles. The Morgan fingerprint density at radius 1 is 0.667 bits per heavy atom. The van der Waals surface area contributed by atoms with Crippen LogP contribution in [0.5, 0.6) is 0 Å². The number of hydrogen-bond acceptors (Lipinski definition) is 1. The van der Waals surface area contributed by atoms with Crippen molar-refractivity contribution in [3.8, 4) is 0 Å². The SMILES string of the molecule is NC(=NCc1ccc2ccccc2c1)c1ccc2ccccc2c1. The average Bonchev–Trinajstić information content (AvgIpc) is 2.65. The Balaban J connectivity index is 1.61. The van der Waals surface area contributed by atoms with E-state index in [1.165, 1.54) is 21.5 Å². The first-order valence-electron chi connectivity index (χ1n) is 8.06. The smallest absolute Gasteiger partial charge is 0.125 e. The molecule has 116 valence electrons. The third-order valence-electron chi connectivity index (χ3n) is 4.29. The fourth-order valence-corrected chi connectivity index (χ4v) is 2.95. The van der Waals surface area contributed by atoms with Crippen LogP contribution in [0.2, 0.25) is 0 Å². The molecule has 24 heavy (non-hydrogen) atoms. The summed E-state index contributed by atoms with van der Waals surface area (Å²) in [6, 6.07) is 29.2. The maximum absolute atomic E-state index is 6.20. The van der Waals surface area contributed by atoms with Gasteiger partial charge in [0.25, 0.3) is 0 Å². The summed E-state index contributed by atoms with van der Waals surface area (Å²) in [5.41, 5.74) is 8.33. The Hall–Kier alpha value is -3.13. The van der Waals surface area contributed by atoms with Gasteiger partial charge in [0.1, 0.15) is 5.84 Å². The van der Waals surface area contributed by atoms with Crippen LogP contribution in [-0.2, 0) is 6.54 Å². The van der Waals surface area contributed by atoms with E-state index in [-0.39, 0.29) is 0 Å². The number of fused-ring (bicyclic) bond motifs is 2. The third kappa shape index (κ3) is 2.86. The summed E-state index contributed by atoms with van der Waals surface area (Å²) in [6.45, 7) is 0.587. The summed E-state index contributed by atoms with van der Waals surface area (Å²) in [6.07, 6.45) is 0. The van der Waals surface area contributed by atoms with Crippen LogP contribution in [0.1, 0.15) is 11.1 Å². The molecule has 4 rings (SSSR count). The lowest BCUT2D eigenvalue weighted by atomic mass is 10.1. The summed E-state index contributed by atoms with van der Waals surface area (Å²) >= 11 is 0.